The van der Waals surface area contributed by atoms with Gasteiger partial charge in [0.15, 0.2) is 0 Å². The molecule has 144 valence electrons. The molecule has 2 aromatic rings. The molecule has 2 aliphatic heterocycles. The van der Waals surface area contributed by atoms with Gasteiger partial charge in [0.1, 0.15) is 5.75 Å². The summed E-state index contributed by atoms with van der Waals surface area (Å²) in [5.41, 5.74) is 1.81. The fourth-order valence-corrected chi connectivity index (χ4v) is 4.65. The first-order valence-electron chi connectivity index (χ1n) is 8.81. The van der Waals surface area contributed by atoms with Gasteiger partial charge in [-0.1, -0.05) is 23.7 Å². The minimum absolute atomic E-state index is 0. The Balaban J connectivity index is 0.00000210. The van der Waals surface area contributed by atoms with E-state index in [0.29, 0.717) is 28.5 Å². The van der Waals surface area contributed by atoms with E-state index in [1.54, 1.807) is 19.4 Å². The molecular weight excluding hydrogens is 385 g/mol. The van der Waals surface area contributed by atoms with Gasteiger partial charge < -0.3 is 9.64 Å². The zero-order valence-corrected chi connectivity index (χ0v) is 16.9. The molecule has 0 saturated carbocycles. The Kier molecular flexibility index (Phi) is 5.94. The second-order valence-corrected chi connectivity index (χ2v) is 7.55. The molecule has 0 spiro atoms. The van der Waals surface area contributed by atoms with Gasteiger partial charge in [0.05, 0.1) is 17.7 Å². The standard InChI is InChI=1S/C20H22ClN3O2.ClH/c1-23-10-14-11-24(20(25)16-7-8-22-9-18(16)21)12-17(14)19(23)13-3-5-15(26-2)6-4-13;/h3-9,14,17,19H,10-12H2,1-2H3;1H/t14-,17+,19+;/m0./s1. The predicted octanol–water partition coefficient (Wildman–Crippen LogP) is 3.54. The van der Waals surface area contributed by atoms with Gasteiger partial charge in [-0.2, -0.15) is 0 Å². The third-order valence-corrected chi connectivity index (χ3v) is 5.94. The number of benzene rings is 1. The summed E-state index contributed by atoms with van der Waals surface area (Å²) in [7, 11) is 3.84. The van der Waals surface area contributed by atoms with Crippen LogP contribution in [-0.2, 0) is 0 Å². The van der Waals surface area contributed by atoms with Crippen LogP contribution in [0.15, 0.2) is 42.7 Å². The Bertz CT molecular complexity index is 815. The maximum atomic E-state index is 12.9. The molecule has 0 aliphatic carbocycles. The number of hydrogen-bond acceptors (Lipinski definition) is 4. The van der Waals surface area contributed by atoms with E-state index in [2.05, 4.69) is 29.1 Å². The van der Waals surface area contributed by atoms with Crippen LogP contribution in [0.25, 0.3) is 0 Å². The molecule has 7 heteroatoms. The zero-order chi connectivity index (χ0) is 18.3. The third kappa shape index (κ3) is 3.64. The smallest absolute Gasteiger partial charge is 0.255 e. The van der Waals surface area contributed by atoms with Crippen LogP contribution >= 0.6 is 24.0 Å². The van der Waals surface area contributed by atoms with Crippen molar-refractivity contribution in [1.82, 2.24) is 14.8 Å². The monoisotopic (exact) mass is 407 g/mol. The Morgan fingerprint density at radius 1 is 1.19 bits per heavy atom. The van der Waals surface area contributed by atoms with E-state index in [0.717, 1.165) is 25.4 Å². The number of halogens is 2. The molecule has 3 atom stereocenters. The van der Waals surface area contributed by atoms with Crippen molar-refractivity contribution in [3.05, 3.63) is 58.9 Å². The van der Waals surface area contributed by atoms with Crippen molar-refractivity contribution in [1.29, 1.82) is 0 Å². The number of methoxy groups -OCH3 is 1. The maximum absolute atomic E-state index is 12.9. The number of carbonyl (C=O) groups excluding carboxylic acids is 1. The molecule has 0 radical (unpaired) electrons. The van der Waals surface area contributed by atoms with Crippen LogP contribution in [0.1, 0.15) is 22.0 Å². The zero-order valence-electron chi connectivity index (χ0n) is 15.3. The number of fused-ring (bicyclic) bond motifs is 1. The van der Waals surface area contributed by atoms with Crippen molar-refractivity contribution in [2.45, 2.75) is 6.04 Å². The third-order valence-electron chi connectivity index (χ3n) is 5.64. The molecule has 1 aromatic heterocycles. The van der Waals surface area contributed by atoms with Gasteiger partial charge in [-0.25, -0.2) is 0 Å². The summed E-state index contributed by atoms with van der Waals surface area (Å²) in [6.07, 6.45) is 3.14. The summed E-state index contributed by atoms with van der Waals surface area (Å²) < 4.78 is 5.27. The molecule has 2 saturated heterocycles. The normalized spacial score (nSPS) is 24.4. The van der Waals surface area contributed by atoms with Crippen LogP contribution in [0.4, 0.5) is 0 Å². The first-order chi connectivity index (χ1) is 12.6. The highest BCUT2D eigenvalue weighted by atomic mass is 35.5. The average molecular weight is 408 g/mol. The number of nitrogens with zero attached hydrogens (tertiary/aromatic N) is 3. The minimum atomic E-state index is 0. The van der Waals surface area contributed by atoms with Gasteiger partial charge in [-0.3, -0.25) is 14.7 Å². The van der Waals surface area contributed by atoms with Gasteiger partial charge in [0, 0.05) is 44.0 Å². The van der Waals surface area contributed by atoms with Crippen LogP contribution in [0.2, 0.25) is 5.02 Å². The molecule has 5 nitrogen and oxygen atoms in total. The Hall–Kier alpha value is -1.82. The maximum Gasteiger partial charge on any atom is 0.255 e. The molecule has 2 fully saturated rings. The number of ether oxygens (including phenoxy) is 1. The molecule has 1 aromatic carbocycles. The van der Waals surface area contributed by atoms with Gasteiger partial charge in [-0.15, -0.1) is 12.4 Å². The van der Waals surface area contributed by atoms with E-state index in [9.17, 15) is 4.79 Å². The lowest BCUT2D eigenvalue weighted by Gasteiger charge is -2.27. The van der Waals surface area contributed by atoms with Gasteiger partial charge in [0.2, 0.25) is 0 Å². The van der Waals surface area contributed by atoms with Crippen LogP contribution in [0.3, 0.4) is 0 Å². The van der Waals surface area contributed by atoms with E-state index in [1.165, 1.54) is 11.8 Å². The Labute approximate surface area is 170 Å². The van der Waals surface area contributed by atoms with Crippen molar-refractivity contribution in [2.24, 2.45) is 11.8 Å². The van der Waals surface area contributed by atoms with E-state index < -0.39 is 0 Å². The average Bonchev–Trinajstić information content (AvgIpc) is 3.18. The number of rotatable bonds is 3. The van der Waals surface area contributed by atoms with E-state index in [-0.39, 0.29) is 18.3 Å². The summed E-state index contributed by atoms with van der Waals surface area (Å²) in [6, 6.07) is 10.3. The Morgan fingerprint density at radius 3 is 2.59 bits per heavy atom. The first kappa shape index (κ1) is 19.9. The summed E-state index contributed by atoms with van der Waals surface area (Å²) in [4.78, 5) is 21.2. The topological polar surface area (TPSA) is 45.7 Å². The van der Waals surface area contributed by atoms with Crippen molar-refractivity contribution in [3.63, 3.8) is 0 Å². The van der Waals surface area contributed by atoms with Crippen LogP contribution < -0.4 is 4.74 Å². The first-order valence-corrected chi connectivity index (χ1v) is 9.19. The molecule has 1 amide bonds. The van der Waals surface area contributed by atoms with Gasteiger partial charge >= 0.3 is 0 Å². The number of carbonyl (C=O) groups is 1. The van der Waals surface area contributed by atoms with Crippen molar-refractivity contribution >= 4 is 29.9 Å². The van der Waals surface area contributed by atoms with Crippen molar-refractivity contribution < 1.29 is 9.53 Å². The van der Waals surface area contributed by atoms with E-state index in [4.69, 9.17) is 16.3 Å². The summed E-state index contributed by atoms with van der Waals surface area (Å²) in [5, 5.41) is 0.415. The summed E-state index contributed by atoms with van der Waals surface area (Å²) in [5.74, 6) is 1.78. The van der Waals surface area contributed by atoms with Crippen LogP contribution in [-0.4, -0.2) is 54.5 Å². The molecule has 0 N–H and O–H groups in total. The van der Waals surface area contributed by atoms with E-state index in [1.807, 2.05) is 17.0 Å². The highest BCUT2D eigenvalue weighted by Crippen LogP contribution is 2.44. The lowest BCUT2D eigenvalue weighted by molar-refractivity contribution is 0.0768. The lowest BCUT2D eigenvalue weighted by Crippen LogP contribution is -2.33. The second kappa shape index (κ2) is 8.05. The minimum Gasteiger partial charge on any atom is -0.497 e. The lowest BCUT2D eigenvalue weighted by atomic mass is 9.89. The quantitative estimate of drug-likeness (QED) is 0.780. The predicted molar refractivity (Wildman–Crippen MR) is 108 cm³/mol. The van der Waals surface area contributed by atoms with E-state index >= 15 is 0 Å². The fraction of sp³-hybridized carbons (Fsp3) is 0.400. The van der Waals surface area contributed by atoms with Crippen LogP contribution in [0.5, 0.6) is 5.75 Å². The van der Waals surface area contributed by atoms with Crippen molar-refractivity contribution in [2.75, 3.05) is 33.8 Å². The molecule has 2 aliphatic rings. The van der Waals surface area contributed by atoms with Gasteiger partial charge in [-0.05, 0) is 36.7 Å². The molecule has 4 rings (SSSR count). The largest absolute Gasteiger partial charge is 0.497 e. The number of likely N-dealkylation sites (tertiary alicyclic amines) is 2. The number of hydrogen-bond donors (Lipinski definition) is 0. The highest BCUT2D eigenvalue weighted by molar-refractivity contribution is 6.33. The van der Waals surface area contributed by atoms with Gasteiger partial charge in [0.25, 0.3) is 5.91 Å². The Morgan fingerprint density at radius 2 is 1.93 bits per heavy atom. The summed E-state index contributed by atoms with van der Waals surface area (Å²) in [6.45, 7) is 2.53. The van der Waals surface area contributed by atoms with Crippen LogP contribution in [0, 0.1) is 11.8 Å². The molecular formula is C20H23Cl2N3O2. The molecule has 27 heavy (non-hydrogen) atoms. The fourth-order valence-electron chi connectivity index (χ4n) is 4.45. The second-order valence-electron chi connectivity index (χ2n) is 7.15. The molecule has 0 bridgehead atoms. The summed E-state index contributed by atoms with van der Waals surface area (Å²) >= 11 is 6.16. The number of pyridine rings is 1. The highest BCUT2D eigenvalue weighted by Gasteiger charge is 2.47. The molecule has 0 unspecified atom stereocenters. The molecule has 3 heterocycles. The van der Waals surface area contributed by atoms with Crippen molar-refractivity contribution in [3.8, 4) is 5.75 Å². The number of aromatic nitrogens is 1. The SMILES string of the molecule is COc1ccc([C@@H]2[C@@H]3CN(C(=O)c4ccncc4Cl)C[C@@H]3CN2C)cc1.Cl. The number of amides is 1.